The smallest absolute Gasteiger partial charge is 0.744 e. The predicted octanol–water partition coefficient (Wildman–Crippen LogP) is 5.87. The van der Waals surface area contributed by atoms with Crippen LogP contribution in [0.15, 0.2) is 206 Å². The number of rotatable bonds is 5. The van der Waals surface area contributed by atoms with Gasteiger partial charge in [0.15, 0.2) is 0 Å². The first-order chi connectivity index (χ1) is 34.8. The molecule has 10 N–H and O–H groups in total. The maximum atomic E-state index is 10.8. The zero-order valence-corrected chi connectivity index (χ0v) is 46.3. The van der Waals surface area contributed by atoms with Crippen LogP contribution < -0.4 is 28.7 Å². The molecule has 0 aliphatic rings. The van der Waals surface area contributed by atoms with Gasteiger partial charge in [-0.15, -0.1) is 0 Å². The summed E-state index contributed by atoms with van der Waals surface area (Å²) in [6.45, 7) is 0. The molecule has 10 aromatic rings. The van der Waals surface area contributed by atoms with E-state index in [0.717, 1.165) is 26.9 Å². The van der Waals surface area contributed by atoms with Crippen LogP contribution in [-0.4, -0.2) is 105 Å². The van der Waals surface area contributed by atoms with Crippen molar-refractivity contribution >= 4 is 173 Å². The van der Waals surface area contributed by atoms with Crippen LogP contribution in [0.2, 0.25) is 0 Å². The van der Waals surface area contributed by atoms with Crippen LogP contribution in [0.1, 0.15) is 0 Å². The minimum atomic E-state index is -4.40. The van der Waals surface area contributed by atoms with E-state index in [2.05, 4.69) is 0 Å². The summed E-state index contributed by atoms with van der Waals surface area (Å²) < 4.78 is 162. The Balaban J connectivity index is 0.000000206. The van der Waals surface area contributed by atoms with Gasteiger partial charge in [-0.2, -0.15) is 0 Å². The minimum absolute atomic E-state index is 0. The van der Waals surface area contributed by atoms with Crippen LogP contribution in [0.3, 0.4) is 0 Å². The molecule has 390 valence electrons. The molecule has 10 rings (SSSR count). The van der Waals surface area contributed by atoms with Gasteiger partial charge in [-0.3, -0.25) is 0 Å². The molecule has 0 fully saturated rings. The summed E-state index contributed by atoms with van der Waals surface area (Å²) in [6, 6.07) is 46.6. The molecule has 0 radical (unpaired) electrons. The fraction of sp³-hybridized carbons (Fsp3) is 0. The molecule has 77 heavy (non-hydrogen) atoms. The van der Waals surface area contributed by atoms with Crippen LogP contribution >= 0.6 is 0 Å². The summed E-state index contributed by atoms with van der Waals surface area (Å²) in [5, 5.41) is 7.45. The van der Waals surface area contributed by atoms with Gasteiger partial charge in [0, 0.05) is 28.4 Å². The van der Waals surface area contributed by atoms with E-state index in [1.807, 2.05) is 0 Å². The first-order valence-corrected chi connectivity index (χ1v) is 28.1. The number of fused-ring (bicyclic) bond motifs is 5. The summed E-state index contributed by atoms with van der Waals surface area (Å²) in [6.07, 6.45) is 0. The van der Waals surface area contributed by atoms with Crippen molar-refractivity contribution in [1.29, 1.82) is 0 Å². The zero-order valence-electron chi connectivity index (χ0n) is 39.7. The van der Waals surface area contributed by atoms with Crippen molar-refractivity contribution in [2.24, 2.45) is 0 Å². The second kappa shape index (κ2) is 25.2. The maximum Gasteiger partial charge on any atom is 3.00 e. The molecule has 0 heterocycles. The van der Waals surface area contributed by atoms with Gasteiger partial charge in [0.05, 0.1) is 24.5 Å². The fourth-order valence-corrected chi connectivity index (χ4v) is 9.52. The largest absolute Gasteiger partial charge is 3.00 e. The van der Waals surface area contributed by atoms with E-state index in [0.29, 0.717) is 55.4 Å². The van der Waals surface area contributed by atoms with Gasteiger partial charge in [0.2, 0.25) is 0 Å². The third-order valence-corrected chi connectivity index (χ3v) is 14.8. The minimum Gasteiger partial charge on any atom is -0.744 e. The number of nitrogen functional groups attached to an aromatic ring is 5. The van der Waals surface area contributed by atoms with E-state index in [1.165, 1.54) is 60.7 Å². The Morgan fingerprint density at radius 2 is 0.351 bits per heavy atom. The van der Waals surface area contributed by atoms with Crippen molar-refractivity contribution in [2.75, 3.05) is 28.7 Å². The second-order valence-electron chi connectivity index (χ2n) is 16.1. The van der Waals surface area contributed by atoms with Gasteiger partial charge < -0.3 is 51.4 Å². The summed E-state index contributed by atoms with van der Waals surface area (Å²) in [4.78, 5) is -1.18. The van der Waals surface area contributed by atoms with Gasteiger partial charge in [-0.1, -0.05) is 60.7 Å². The average molecular weight is 1160 g/mol. The monoisotopic (exact) mass is 1160 g/mol. The van der Waals surface area contributed by atoms with Crippen LogP contribution in [0.25, 0.3) is 53.9 Å². The topological polar surface area (TPSA) is 416 Å². The number of hydrogen-bond acceptors (Lipinski definition) is 20. The number of anilines is 5. The number of benzene rings is 10. The predicted molar refractivity (Wildman–Crippen MR) is 293 cm³/mol. The molecule has 0 aliphatic heterocycles. The van der Waals surface area contributed by atoms with Crippen molar-refractivity contribution in [1.82, 2.24) is 0 Å². The van der Waals surface area contributed by atoms with Crippen LogP contribution in [0.4, 0.5) is 28.4 Å². The molecule has 10 aromatic carbocycles. The molecule has 0 spiro atoms. The summed E-state index contributed by atoms with van der Waals surface area (Å²) >= 11 is 0. The quantitative estimate of drug-likeness (QED) is 0.0764. The van der Waals surface area contributed by atoms with Crippen molar-refractivity contribution in [3.05, 3.63) is 182 Å². The molecular formula is C50H40AlMgN5O15S5. The molecular weight excluding hydrogens is 1120 g/mol. The third-order valence-electron chi connectivity index (χ3n) is 10.6. The number of hydrogen-bond donors (Lipinski definition) is 5. The summed E-state index contributed by atoms with van der Waals surface area (Å²) in [5.74, 6) is 0. The molecule has 0 saturated heterocycles. The average Bonchev–Trinajstić information content (AvgIpc) is 3.32. The summed E-state index contributed by atoms with van der Waals surface area (Å²) in [5.41, 5.74) is 30.4. The first kappa shape index (κ1) is 62.9. The van der Waals surface area contributed by atoms with Gasteiger partial charge in [0.25, 0.3) is 0 Å². The van der Waals surface area contributed by atoms with E-state index in [9.17, 15) is 64.9 Å². The summed E-state index contributed by atoms with van der Waals surface area (Å²) in [7, 11) is -22.0. The molecule has 0 aliphatic carbocycles. The Morgan fingerprint density at radius 1 is 0.221 bits per heavy atom. The van der Waals surface area contributed by atoms with Gasteiger partial charge >= 0.3 is 40.4 Å². The van der Waals surface area contributed by atoms with Gasteiger partial charge in [-0.05, 0) is 175 Å². The van der Waals surface area contributed by atoms with E-state index < -0.39 is 50.6 Å². The molecule has 0 saturated carbocycles. The SMILES string of the molecule is Nc1ccc2ccc(S(=O)(=O)[O-])cc2c1.Nc1ccc2ccc(S(=O)(=O)[O-])cc2c1.Nc1ccc2ccc(S(=O)(=O)[O-])cc2c1.Nc1ccc2ccc(S(=O)(=O)[O-])cc2c1.Nc1ccc2ccc(S(=O)(=O)[O-])cc2c1.[Al+3].[Mg+2]. The Hall–Kier alpha value is -6.65. The van der Waals surface area contributed by atoms with Crippen LogP contribution in [0.5, 0.6) is 0 Å². The van der Waals surface area contributed by atoms with Crippen LogP contribution in [-0.2, 0) is 50.6 Å². The van der Waals surface area contributed by atoms with Crippen molar-refractivity contribution in [2.45, 2.75) is 24.5 Å². The zero-order chi connectivity index (χ0) is 55.3. The molecule has 0 bridgehead atoms. The van der Waals surface area contributed by atoms with E-state index in [4.69, 9.17) is 28.7 Å². The van der Waals surface area contributed by atoms with Crippen molar-refractivity contribution in [3.63, 3.8) is 0 Å². The van der Waals surface area contributed by atoms with E-state index in [1.54, 1.807) is 121 Å². The van der Waals surface area contributed by atoms with Gasteiger partial charge in [0.1, 0.15) is 50.6 Å². The van der Waals surface area contributed by atoms with Gasteiger partial charge in [-0.25, -0.2) is 42.1 Å². The standard InChI is InChI=1S/5C10H9NO3S.Al.Mg/c5*11-9-3-1-7-2-4-10(15(12,13)14)6-8(7)5-9;;/h5*1-6H,11H2,(H,12,13,14);;/q;;;;;+3;+2/p-5. The second-order valence-corrected chi connectivity index (χ2v) is 23.0. The molecule has 0 unspecified atom stereocenters. The normalized spacial score (nSPS) is 11.5. The van der Waals surface area contributed by atoms with Crippen molar-refractivity contribution < 1.29 is 64.9 Å². The molecule has 0 atom stereocenters. The van der Waals surface area contributed by atoms with E-state index >= 15 is 0 Å². The fourth-order valence-electron chi connectivity index (χ4n) is 6.99. The number of nitrogens with two attached hydrogens (primary N) is 5. The molecule has 27 heteroatoms. The van der Waals surface area contributed by atoms with E-state index in [-0.39, 0.29) is 64.9 Å². The molecule has 0 amide bonds. The maximum absolute atomic E-state index is 10.8. The Bertz CT molecular complexity index is 3770. The Morgan fingerprint density at radius 3 is 0.481 bits per heavy atom. The van der Waals surface area contributed by atoms with Crippen LogP contribution in [0, 0.1) is 0 Å². The Kier molecular flexibility index (Phi) is 20.6. The molecule has 0 aromatic heterocycles. The third kappa shape index (κ3) is 17.7. The first-order valence-electron chi connectivity index (χ1n) is 21.1. The van der Waals surface area contributed by atoms with Crippen molar-refractivity contribution in [3.8, 4) is 0 Å². The Labute approximate surface area is 469 Å². The molecule has 20 nitrogen and oxygen atoms in total.